The molecule has 0 amide bonds. The first-order chi connectivity index (χ1) is 9.54. The second-order valence-corrected chi connectivity index (χ2v) is 6.55. The number of aliphatic hydroxyl groups is 1. The highest BCUT2D eigenvalue weighted by Gasteiger charge is 2.36. The van der Waals surface area contributed by atoms with Crippen LogP contribution in [0.1, 0.15) is 70.5 Å². The zero-order valence-electron chi connectivity index (χ0n) is 12.5. The van der Waals surface area contributed by atoms with Crippen LogP contribution in [0.2, 0.25) is 5.02 Å². The van der Waals surface area contributed by atoms with E-state index in [9.17, 15) is 5.11 Å². The van der Waals surface area contributed by atoms with Crippen LogP contribution in [0.15, 0.2) is 18.2 Å². The van der Waals surface area contributed by atoms with Gasteiger partial charge < -0.3 is 9.84 Å². The lowest BCUT2D eigenvalue weighted by molar-refractivity contribution is -0.00848. The van der Waals surface area contributed by atoms with E-state index in [4.69, 9.17) is 16.3 Å². The molecule has 0 radical (unpaired) electrons. The topological polar surface area (TPSA) is 29.5 Å². The molecular formula is C17H25ClO2. The van der Waals surface area contributed by atoms with Gasteiger partial charge in [-0.15, -0.1) is 0 Å². The van der Waals surface area contributed by atoms with Gasteiger partial charge in [-0.3, -0.25) is 0 Å². The van der Waals surface area contributed by atoms with Gasteiger partial charge in [-0.25, -0.2) is 0 Å². The first kappa shape index (κ1) is 15.7. The Labute approximate surface area is 127 Å². The molecule has 1 N–H and O–H groups in total. The lowest BCUT2D eigenvalue weighted by Gasteiger charge is -2.38. The summed E-state index contributed by atoms with van der Waals surface area (Å²) in [5.41, 5.74) is 0.563. The second kappa shape index (κ2) is 6.82. The molecule has 2 rings (SSSR count). The first-order valence-corrected chi connectivity index (χ1v) is 8.08. The number of fused-ring (bicyclic) bond motifs is 1. The van der Waals surface area contributed by atoms with Crippen molar-refractivity contribution in [1.29, 1.82) is 0 Å². The van der Waals surface area contributed by atoms with Gasteiger partial charge in [0.25, 0.3) is 0 Å². The normalized spacial score (nSPS) is 25.1. The largest absolute Gasteiger partial charge is 0.487 e. The Balaban J connectivity index is 1.96. The van der Waals surface area contributed by atoms with E-state index in [0.717, 1.165) is 24.2 Å². The fourth-order valence-electron chi connectivity index (χ4n) is 2.95. The maximum Gasteiger partial charge on any atom is 0.126 e. The van der Waals surface area contributed by atoms with Crippen molar-refractivity contribution in [3.63, 3.8) is 0 Å². The van der Waals surface area contributed by atoms with Crippen LogP contribution in [0, 0.1) is 0 Å². The van der Waals surface area contributed by atoms with E-state index in [0.29, 0.717) is 11.4 Å². The lowest BCUT2D eigenvalue weighted by atomic mass is 9.86. The Kier molecular flexibility index (Phi) is 5.34. The summed E-state index contributed by atoms with van der Waals surface area (Å²) in [7, 11) is 0. The van der Waals surface area contributed by atoms with Gasteiger partial charge in [-0.1, -0.05) is 44.2 Å². The predicted octanol–water partition coefficient (Wildman–Crippen LogP) is 5.28. The zero-order chi connectivity index (χ0) is 14.6. The van der Waals surface area contributed by atoms with Crippen LogP contribution in [0.5, 0.6) is 5.75 Å². The zero-order valence-corrected chi connectivity index (χ0v) is 13.2. The van der Waals surface area contributed by atoms with E-state index in [1.807, 2.05) is 18.2 Å². The van der Waals surface area contributed by atoms with Crippen LogP contribution >= 0.6 is 11.6 Å². The molecule has 0 aromatic heterocycles. The van der Waals surface area contributed by atoms with E-state index >= 15 is 0 Å². The second-order valence-electron chi connectivity index (χ2n) is 6.12. The number of hydrogen-bond acceptors (Lipinski definition) is 2. The van der Waals surface area contributed by atoms with Crippen molar-refractivity contribution >= 4 is 11.6 Å². The van der Waals surface area contributed by atoms with Crippen LogP contribution in [-0.4, -0.2) is 10.7 Å². The van der Waals surface area contributed by atoms with Gasteiger partial charge >= 0.3 is 0 Å². The fraction of sp³-hybridized carbons (Fsp3) is 0.647. The van der Waals surface area contributed by atoms with Crippen LogP contribution in [0.4, 0.5) is 0 Å². The summed E-state index contributed by atoms with van der Waals surface area (Å²) in [5.74, 6) is 0.782. The van der Waals surface area contributed by atoms with Crippen molar-refractivity contribution in [3.05, 3.63) is 28.8 Å². The first-order valence-electron chi connectivity index (χ1n) is 7.70. The molecule has 1 aliphatic heterocycles. The van der Waals surface area contributed by atoms with Crippen LogP contribution in [0.3, 0.4) is 0 Å². The third-order valence-corrected chi connectivity index (χ3v) is 4.36. The van der Waals surface area contributed by atoms with Crippen LogP contribution in [0.25, 0.3) is 0 Å². The Bertz CT molecular complexity index is 447. The molecule has 0 fully saturated rings. The molecule has 0 bridgehead atoms. The summed E-state index contributed by atoms with van der Waals surface area (Å²) < 4.78 is 6.13. The molecule has 0 saturated carbocycles. The van der Waals surface area contributed by atoms with Crippen molar-refractivity contribution in [2.24, 2.45) is 0 Å². The summed E-state index contributed by atoms with van der Waals surface area (Å²) in [6.45, 7) is 4.33. The van der Waals surface area contributed by atoms with Crippen molar-refractivity contribution in [3.8, 4) is 5.75 Å². The molecule has 1 aromatic carbocycles. The highest BCUT2D eigenvalue weighted by atomic mass is 35.5. The van der Waals surface area contributed by atoms with Gasteiger partial charge in [-0.05, 0) is 38.0 Å². The van der Waals surface area contributed by atoms with Crippen LogP contribution in [-0.2, 0) is 0 Å². The lowest BCUT2D eigenvalue weighted by Crippen LogP contribution is -2.38. The summed E-state index contributed by atoms with van der Waals surface area (Å²) in [4.78, 5) is 0. The Morgan fingerprint density at radius 2 is 2.05 bits per heavy atom. The maximum atomic E-state index is 10.3. The van der Waals surface area contributed by atoms with Gasteiger partial charge in [0.2, 0.25) is 0 Å². The number of unbranched alkanes of at least 4 members (excludes halogenated alkanes) is 4. The summed E-state index contributed by atoms with van der Waals surface area (Å²) in [6, 6.07) is 5.50. The smallest absolute Gasteiger partial charge is 0.126 e. The van der Waals surface area contributed by atoms with Crippen molar-refractivity contribution in [2.75, 3.05) is 0 Å². The van der Waals surface area contributed by atoms with E-state index in [1.165, 1.54) is 25.7 Å². The monoisotopic (exact) mass is 296 g/mol. The predicted molar refractivity (Wildman–Crippen MR) is 83.4 cm³/mol. The Morgan fingerprint density at radius 1 is 1.30 bits per heavy atom. The molecule has 2 nitrogen and oxygen atoms in total. The molecular weight excluding hydrogens is 272 g/mol. The molecule has 112 valence electrons. The standard InChI is InChI=1S/C17H25ClO2/c1-3-4-5-6-7-10-17(2)12-15(19)14-11-13(18)8-9-16(14)20-17/h8-9,11,15,19H,3-7,10,12H2,1-2H3/t15-,17?/m0/s1. The minimum absolute atomic E-state index is 0.257. The van der Waals surface area contributed by atoms with Gasteiger partial charge in [-0.2, -0.15) is 0 Å². The number of rotatable bonds is 6. The molecule has 1 aromatic rings. The fourth-order valence-corrected chi connectivity index (χ4v) is 3.13. The molecule has 2 atom stereocenters. The third kappa shape index (κ3) is 3.89. The highest BCUT2D eigenvalue weighted by Crippen LogP contribution is 2.42. The van der Waals surface area contributed by atoms with Crippen molar-refractivity contribution in [1.82, 2.24) is 0 Å². The number of halogens is 1. The summed E-state index contributed by atoms with van der Waals surface area (Å²) in [5, 5.41) is 11.0. The molecule has 20 heavy (non-hydrogen) atoms. The van der Waals surface area contributed by atoms with Gasteiger partial charge in [0.05, 0.1) is 6.10 Å². The molecule has 1 unspecified atom stereocenters. The summed E-state index contributed by atoms with van der Waals surface area (Å²) in [6.07, 6.45) is 7.44. The highest BCUT2D eigenvalue weighted by molar-refractivity contribution is 6.30. The van der Waals surface area contributed by atoms with E-state index in [1.54, 1.807) is 0 Å². The number of benzene rings is 1. The van der Waals surface area contributed by atoms with Crippen LogP contribution < -0.4 is 4.74 Å². The Morgan fingerprint density at radius 3 is 2.80 bits per heavy atom. The molecule has 0 aliphatic carbocycles. The van der Waals surface area contributed by atoms with E-state index < -0.39 is 6.10 Å². The maximum absolute atomic E-state index is 10.3. The molecule has 1 aliphatic rings. The molecule has 1 heterocycles. The van der Waals surface area contributed by atoms with E-state index in [2.05, 4.69) is 13.8 Å². The quantitative estimate of drug-likeness (QED) is 0.724. The SMILES string of the molecule is CCCCCCCC1(C)C[C@H](O)c2cc(Cl)ccc2O1. The van der Waals surface area contributed by atoms with Crippen molar-refractivity contribution in [2.45, 2.75) is 70.5 Å². The third-order valence-electron chi connectivity index (χ3n) is 4.12. The Hall–Kier alpha value is -0.730. The molecule has 0 saturated heterocycles. The van der Waals surface area contributed by atoms with Crippen molar-refractivity contribution < 1.29 is 9.84 Å². The van der Waals surface area contributed by atoms with Gasteiger partial charge in [0, 0.05) is 17.0 Å². The number of aliphatic hydroxyl groups excluding tert-OH is 1. The van der Waals surface area contributed by atoms with Gasteiger partial charge in [0.15, 0.2) is 0 Å². The minimum atomic E-state index is -0.474. The number of ether oxygens (including phenoxy) is 1. The number of hydrogen-bond donors (Lipinski definition) is 1. The minimum Gasteiger partial charge on any atom is -0.487 e. The van der Waals surface area contributed by atoms with Gasteiger partial charge in [0.1, 0.15) is 11.4 Å². The average molecular weight is 297 g/mol. The average Bonchev–Trinajstić information content (AvgIpc) is 2.39. The molecule has 0 spiro atoms. The summed E-state index contributed by atoms with van der Waals surface area (Å²) >= 11 is 5.98. The molecule has 3 heteroatoms. The van der Waals surface area contributed by atoms with E-state index in [-0.39, 0.29) is 5.60 Å².